The Labute approximate surface area is 67.7 Å². The van der Waals surface area contributed by atoms with Crippen LogP contribution in [0.15, 0.2) is 21.1 Å². The Balaban J connectivity index is 3.61. The van der Waals surface area contributed by atoms with E-state index in [4.69, 9.17) is 5.14 Å². The molecule has 0 aliphatic carbocycles. The van der Waals surface area contributed by atoms with Gasteiger partial charge in [-0.1, -0.05) is 24.1 Å². The maximum Gasteiger partial charge on any atom is 0.0202 e. The molecule has 0 aromatic rings. The fourth-order valence-corrected chi connectivity index (χ4v) is 1.27. The second-order valence-corrected chi connectivity index (χ2v) is 2.89. The molecule has 8 heavy (non-hydrogen) atoms. The molecule has 0 atom stereocenters. The lowest BCUT2D eigenvalue weighted by Gasteiger charge is -1.82. The molecule has 0 radical (unpaired) electrons. The van der Waals surface area contributed by atoms with Crippen LogP contribution < -0.4 is 5.14 Å². The Morgan fingerprint density at radius 1 is 1.75 bits per heavy atom. The molecule has 0 unspecified atom stereocenters. The Bertz CT molecular complexity index is 109. The van der Waals surface area contributed by atoms with Gasteiger partial charge in [0.05, 0.1) is 0 Å². The summed E-state index contributed by atoms with van der Waals surface area (Å²) in [5.41, 5.74) is 0. The van der Waals surface area contributed by atoms with Crippen LogP contribution in [0.5, 0.6) is 0 Å². The predicted molar refractivity (Wildman–Crippen MR) is 48.7 cm³/mol. The standard InChI is InChI=1S/C5H8INS/c1-2-3-5(6)4-8-7/h2-4H,7H2,1H3/b3-2-,5-4+. The Hall–Kier alpha value is 0.520. The Morgan fingerprint density at radius 3 is 2.75 bits per heavy atom. The van der Waals surface area contributed by atoms with Crippen molar-refractivity contribution in [3.05, 3.63) is 21.1 Å². The summed E-state index contributed by atoms with van der Waals surface area (Å²) in [4.78, 5) is 0. The molecule has 3 heteroatoms. The molecule has 0 fully saturated rings. The first kappa shape index (κ1) is 8.52. The van der Waals surface area contributed by atoms with Gasteiger partial charge in [-0.2, -0.15) is 0 Å². The molecule has 0 aromatic heterocycles. The van der Waals surface area contributed by atoms with Crippen molar-refractivity contribution < 1.29 is 0 Å². The number of rotatable bonds is 2. The zero-order chi connectivity index (χ0) is 6.41. The van der Waals surface area contributed by atoms with E-state index < -0.39 is 0 Å². The van der Waals surface area contributed by atoms with Gasteiger partial charge < -0.3 is 0 Å². The molecule has 0 bridgehead atoms. The number of allylic oxidation sites excluding steroid dienone is 3. The van der Waals surface area contributed by atoms with Gasteiger partial charge in [0.1, 0.15) is 0 Å². The van der Waals surface area contributed by atoms with Crippen LogP contribution in [0, 0.1) is 0 Å². The smallest absolute Gasteiger partial charge is 0.0202 e. The quantitative estimate of drug-likeness (QED) is 0.456. The molecule has 0 saturated heterocycles. The zero-order valence-corrected chi connectivity index (χ0v) is 7.57. The SMILES string of the molecule is C/C=C\C(I)=C/SN. The van der Waals surface area contributed by atoms with Crippen molar-refractivity contribution in [3.8, 4) is 0 Å². The van der Waals surface area contributed by atoms with E-state index in [0.717, 1.165) is 3.58 Å². The van der Waals surface area contributed by atoms with Crippen LogP contribution in [0.2, 0.25) is 0 Å². The summed E-state index contributed by atoms with van der Waals surface area (Å²) in [5.74, 6) is 0. The first-order valence-corrected chi connectivity index (χ1v) is 4.17. The molecule has 0 spiro atoms. The van der Waals surface area contributed by atoms with E-state index in [1.807, 2.05) is 24.5 Å². The van der Waals surface area contributed by atoms with Gasteiger partial charge in [-0.05, 0) is 34.9 Å². The minimum Gasteiger partial charge on any atom is -0.274 e. The summed E-state index contributed by atoms with van der Waals surface area (Å²) in [5, 5.41) is 7.05. The van der Waals surface area contributed by atoms with Crippen LogP contribution in [-0.2, 0) is 0 Å². The lowest BCUT2D eigenvalue weighted by molar-refractivity contribution is 1.74. The van der Waals surface area contributed by atoms with Crippen LogP contribution >= 0.6 is 34.5 Å². The van der Waals surface area contributed by atoms with Gasteiger partial charge in [0, 0.05) is 3.58 Å². The third kappa shape index (κ3) is 4.67. The molecule has 0 aromatic carbocycles. The second-order valence-electron chi connectivity index (χ2n) is 1.14. The van der Waals surface area contributed by atoms with Crippen LogP contribution in [0.1, 0.15) is 6.92 Å². The molecule has 0 amide bonds. The van der Waals surface area contributed by atoms with Gasteiger partial charge in [-0.25, -0.2) is 0 Å². The minimum absolute atomic E-state index is 1.16. The summed E-state index contributed by atoms with van der Waals surface area (Å²) in [6.07, 6.45) is 3.98. The Morgan fingerprint density at radius 2 is 2.38 bits per heavy atom. The molecule has 0 rings (SSSR count). The van der Waals surface area contributed by atoms with Gasteiger partial charge in [-0.3, -0.25) is 5.14 Å². The van der Waals surface area contributed by atoms with Gasteiger partial charge in [0.2, 0.25) is 0 Å². The monoisotopic (exact) mass is 241 g/mol. The molecule has 0 heterocycles. The van der Waals surface area contributed by atoms with Gasteiger partial charge in [0.25, 0.3) is 0 Å². The molecule has 2 N–H and O–H groups in total. The zero-order valence-electron chi connectivity index (χ0n) is 4.60. The van der Waals surface area contributed by atoms with Crippen molar-refractivity contribution in [3.63, 3.8) is 0 Å². The summed E-state index contributed by atoms with van der Waals surface area (Å²) in [6, 6.07) is 0. The highest BCUT2D eigenvalue weighted by Crippen LogP contribution is 2.10. The molecule has 0 aliphatic heterocycles. The first-order valence-electron chi connectivity index (χ1n) is 2.15. The molecular weight excluding hydrogens is 233 g/mol. The molecule has 1 nitrogen and oxygen atoms in total. The highest BCUT2D eigenvalue weighted by Gasteiger charge is 1.77. The van der Waals surface area contributed by atoms with E-state index in [-0.39, 0.29) is 0 Å². The van der Waals surface area contributed by atoms with Gasteiger partial charge in [-0.15, -0.1) is 0 Å². The van der Waals surface area contributed by atoms with E-state index in [9.17, 15) is 0 Å². The van der Waals surface area contributed by atoms with Crippen LogP contribution in [0.4, 0.5) is 0 Å². The fourth-order valence-electron chi connectivity index (χ4n) is 0.264. The second kappa shape index (κ2) is 5.65. The number of hydrogen-bond donors (Lipinski definition) is 1. The predicted octanol–water partition coefficient (Wildman–Crippen LogP) is 2.45. The van der Waals surface area contributed by atoms with E-state index in [2.05, 4.69) is 22.6 Å². The highest BCUT2D eigenvalue weighted by molar-refractivity contribution is 14.1. The maximum atomic E-state index is 5.16. The maximum absolute atomic E-state index is 5.16. The van der Waals surface area contributed by atoms with Crippen molar-refractivity contribution in [2.24, 2.45) is 5.14 Å². The summed E-state index contributed by atoms with van der Waals surface area (Å²) < 4.78 is 1.16. The summed E-state index contributed by atoms with van der Waals surface area (Å²) in [6.45, 7) is 1.98. The van der Waals surface area contributed by atoms with Crippen molar-refractivity contribution in [2.45, 2.75) is 6.92 Å². The van der Waals surface area contributed by atoms with Gasteiger partial charge >= 0.3 is 0 Å². The average molecular weight is 241 g/mol. The van der Waals surface area contributed by atoms with Crippen molar-refractivity contribution in [1.29, 1.82) is 0 Å². The summed E-state index contributed by atoms with van der Waals surface area (Å²) in [7, 11) is 0. The first-order chi connectivity index (χ1) is 3.81. The van der Waals surface area contributed by atoms with E-state index in [0.29, 0.717) is 0 Å². The minimum atomic E-state index is 1.16. The molecule has 0 saturated carbocycles. The number of nitrogens with two attached hydrogens (primary N) is 1. The summed E-state index contributed by atoms with van der Waals surface area (Å²) >= 11 is 3.44. The van der Waals surface area contributed by atoms with Crippen LogP contribution in [0.25, 0.3) is 0 Å². The largest absolute Gasteiger partial charge is 0.274 e. The van der Waals surface area contributed by atoms with Gasteiger partial charge in [0.15, 0.2) is 0 Å². The Kier molecular flexibility index (Phi) is 6.02. The van der Waals surface area contributed by atoms with Crippen molar-refractivity contribution in [1.82, 2.24) is 0 Å². The number of hydrogen-bond acceptors (Lipinski definition) is 2. The normalized spacial score (nSPS) is 13.1. The lowest BCUT2D eigenvalue weighted by atomic mass is 10.5. The molecule has 0 aliphatic rings. The average Bonchev–Trinajstić information content (AvgIpc) is 1.68. The topological polar surface area (TPSA) is 26.0 Å². The van der Waals surface area contributed by atoms with Crippen molar-refractivity contribution in [2.75, 3.05) is 0 Å². The van der Waals surface area contributed by atoms with Crippen LogP contribution in [-0.4, -0.2) is 0 Å². The molecule has 46 valence electrons. The highest BCUT2D eigenvalue weighted by atomic mass is 127. The lowest BCUT2D eigenvalue weighted by Crippen LogP contribution is -1.69. The third-order valence-corrected chi connectivity index (χ3v) is 1.99. The van der Waals surface area contributed by atoms with E-state index in [1.165, 1.54) is 11.9 Å². The van der Waals surface area contributed by atoms with Crippen LogP contribution in [0.3, 0.4) is 0 Å². The molecular formula is C5H8INS. The van der Waals surface area contributed by atoms with Crippen molar-refractivity contribution >= 4 is 34.5 Å². The third-order valence-electron chi connectivity index (χ3n) is 0.507. The number of halogens is 1. The van der Waals surface area contributed by atoms with E-state index >= 15 is 0 Å². The fraction of sp³-hybridized carbons (Fsp3) is 0.200. The van der Waals surface area contributed by atoms with E-state index in [1.54, 1.807) is 0 Å².